The first-order valence-corrected chi connectivity index (χ1v) is 13.0. The predicted octanol–water partition coefficient (Wildman–Crippen LogP) is 2.80. The maximum atomic E-state index is 12.9. The van der Waals surface area contributed by atoms with Crippen LogP contribution in [-0.4, -0.2) is 48.3 Å². The van der Waals surface area contributed by atoms with Crippen LogP contribution in [0.4, 0.5) is 0 Å². The van der Waals surface area contributed by atoms with Crippen molar-refractivity contribution in [2.45, 2.75) is 57.2 Å². The van der Waals surface area contributed by atoms with E-state index < -0.39 is 11.2 Å². The van der Waals surface area contributed by atoms with Gasteiger partial charge < -0.3 is 10.2 Å². The van der Waals surface area contributed by atoms with Crippen LogP contribution in [0, 0.1) is 0 Å². The number of nitrogens with two attached hydrogens (primary N) is 1. The zero-order chi connectivity index (χ0) is 25.5. The van der Waals surface area contributed by atoms with Crippen molar-refractivity contribution in [1.29, 1.82) is 0 Å². The molecule has 2 fully saturated rings. The van der Waals surface area contributed by atoms with Crippen LogP contribution in [0.1, 0.15) is 50.1 Å². The number of fused-ring (bicyclic) bond motifs is 1. The van der Waals surface area contributed by atoms with Gasteiger partial charge in [-0.1, -0.05) is 37.1 Å². The molecule has 3 aliphatic heterocycles. The molecule has 0 unspecified atom stereocenters. The smallest absolute Gasteiger partial charge is 0.352 e. The summed E-state index contributed by atoms with van der Waals surface area (Å²) in [7, 11) is 1.41. The van der Waals surface area contributed by atoms with Gasteiger partial charge in [0.05, 0.1) is 6.04 Å². The van der Waals surface area contributed by atoms with Gasteiger partial charge in [-0.25, -0.2) is 14.5 Å². The van der Waals surface area contributed by atoms with E-state index in [2.05, 4.69) is 39.1 Å². The maximum absolute atomic E-state index is 12.9. The molecule has 192 valence electrons. The van der Waals surface area contributed by atoms with Crippen molar-refractivity contribution >= 4 is 0 Å². The lowest BCUT2D eigenvalue weighted by Gasteiger charge is -2.30. The number of likely N-dealkylation sites (tertiary alicyclic amines) is 1. The van der Waals surface area contributed by atoms with Gasteiger partial charge in [-0.15, -0.1) is 5.10 Å². The van der Waals surface area contributed by atoms with E-state index in [0.717, 1.165) is 68.3 Å². The van der Waals surface area contributed by atoms with Crippen LogP contribution in [0.25, 0.3) is 34.4 Å². The summed E-state index contributed by atoms with van der Waals surface area (Å²) < 4.78 is 8.85. The first kappa shape index (κ1) is 23.7. The van der Waals surface area contributed by atoms with Gasteiger partial charge in [-0.05, 0) is 56.5 Å². The molecular weight excluding hydrogens is 470 g/mol. The highest BCUT2D eigenvalue weighted by atomic mass is 16.3. The normalized spacial score (nSPS) is 17.7. The van der Waals surface area contributed by atoms with Gasteiger partial charge in [0.25, 0.3) is 5.56 Å². The zero-order valence-corrected chi connectivity index (χ0v) is 21.0. The van der Waals surface area contributed by atoms with Gasteiger partial charge in [-0.2, -0.15) is 4.98 Å². The van der Waals surface area contributed by atoms with E-state index in [1.165, 1.54) is 12.6 Å². The van der Waals surface area contributed by atoms with Gasteiger partial charge in [-0.3, -0.25) is 14.3 Å². The van der Waals surface area contributed by atoms with Crippen molar-refractivity contribution in [2.24, 2.45) is 12.8 Å². The fraction of sp³-hybridized carbons (Fsp3) is 0.444. The van der Waals surface area contributed by atoms with Crippen molar-refractivity contribution in [3.8, 4) is 34.4 Å². The molecule has 0 amide bonds. The number of rotatable bonds is 5. The van der Waals surface area contributed by atoms with E-state index in [1.807, 2.05) is 12.1 Å². The number of piperidine rings is 1. The molecule has 0 bridgehead atoms. The molecule has 0 atom stereocenters. The Bertz CT molecular complexity index is 1490. The van der Waals surface area contributed by atoms with Crippen LogP contribution < -0.4 is 17.0 Å². The fourth-order valence-electron chi connectivity index (χ4n) is 5.36. The third kappa shape index (κ3) is 4.62. The summed E-state index contributed by atoms with van der Waals surface area (Å²) in [5, 5.41) is 4.70. The third-order valence-electron chi connectivity index (χ3n) is 7.62. The molecule has 4 aliphatic rings. The van der Waals surface area contributed by atoms with Crippen LogP contribution >= 0.6 is 0 Å². The number of aromatic nitrogens is 5. The van der Waals surface area contributed by atoms with Crippen LogP contribution in [0.5, 0.6) is 0 Å². The highest BCUT2D eigenvalue weighted by Crippen LogP contribution is 2.33. The van der Waals surface area contributed by atoms with Gasteiger partial charge in [0.1, 0.15) is 5.76 Å². The summed E-state index contributed by atoms with van der Waals surface area (Å²) in [5.74, 6) is 1.71. The Labute approximate surface area is 214 Å². The average Bonchev–Trinajstić information content (AvgIpc) is 3.62. The molecule has 2 N–H and O–H groups in total. The molecule has 1 saturated carbocycles. The SMILES string of the molecule is Cn1c(=O)nc2n(C3CCCC3)nc(-c3ccc(-c4ccc(CN5CCC(N)CC5)cc4)o3)nc-2c1=O. The molecule has 0 spiro atoms. The molecule has 4 heterocycles. The summed E-state index contributed by atoms with van der Waals surface area (Å²) in [4.78, 5) is 36.2. The Morgan fingerprint density at radius 3 is 2.38 bits per heavy atom. The Balaban J connectivity index is 1.30. The summed E-state index contributed by atoms with van der Waals surface area (Å²) in [6, 6.07) is 12.5. The van der Waals surface area contributed by atoms with Crippen molar-refractivity contribution in [3.05, 3.63) is 62.8 Å². The quantitative estimate of drug-likeness (QED) is 0.443. The second-order valence-corrected chi connectivity index (χ2v) is 10.2. The number of furan rings is 1. The number of nitrogens with zero attached hydrogens (tertiary/aromatic N) is 6. The minimum absolute atomic E-state index is 0.0703. The van der Waals surface area contributed by atoms with E-state index in [9.17, 15) is 9.59 Å². The molecular formula is C27H31N7O3. The zero-order valence-electron chi connectivity index (χ0n) is 21.0. The summed E-state index contributed by atoms with van der Waals surface area (Å²) in [6.45, 7) is 2.98. The van der Waals surface area contributed by atoms with E-state index in [0.29, 0.717) is 23.4 Å². The molecule has 10 heteroatoms. The summed E-state index contributed by atoms with van der Waals surface area (Å²) >= 11 is 0. The minimum atomic E-state index is -0.604. The fourth-order valence-corrected chi connectivity index (χ4v) is 5.36. The molecule has 1 saturated heterocycles. The first-order valence-electron chi connectivity index (χ1n) is 13.0. The molecule has 1 aliphatic carbocycles. The highest BCUT2D eigenvalue weighted by molar-refractivity contribution is 5.63. The van der Waals surface area contributed by atoms with E-state index in [4.69, 9.17) is 15.2 Å². The molecule has 2 aromatic rings. The van der Waals surface area contributed by atoms with Crippen LogP contribution in [-0.2, 0) is 13.6 Å². The minimum Gasteiger partial charge on any atom is -0.453 e. The van der Waals surface area contributed by atoms with Gasteiger partial charge in [0, 0.05) is 25.2 Å². The standard InChI is InChI=1S/C27H31N7O3/c1-32-26(35)23-25(30-27(32)36)34(20-4-2-3-5-20)31-24(29-23)22-11-10-21(37-22)18-8-6-17(7-9-18)16-33-14-12-19(28)13-15-33/h6-11,19-20H,2-5,12-16,28H2,1H3. The maximum Gasteiger partial charge on any atom is 0.352 e. The van der Waals surface area contributed by atoms with Gasteiger partial charge in [0.15, 0.2) is 17.3 Å². The number of hydrogen-bond donors (Lipinski definition) is 1. The third-order valence-corrected chi connectivity index (χ3v) is 7.62. The lowest BCUT2D eigenvalue weighted by Crippen LogP contribution is -2.39. The molecule has 1 aromatic carbocycles. The van der Waals surface area contributed by atoms with Crippen molar-refractivity contribution in [2.75, 3.05) is 13.1 Å². The highest BCUT2D eigenvalue weighted by Gasteiger charge is 2.27. The van der Waals surface area contributed by atoms with Crippen LogP contribution in [0.3, 0.4) is 0 Å². The molecule has 10 nitrogen and oxygen atoms in total. The Hall–Kier alpha value is -3.63. The average molecular weight is 502 g/mol. The lowest BCUT2D eigenvalue weighted by atomic mass is 10.0. The van der Waals surface area contributed by atoms with E-state index in [-0.39, 0.29) is 17.6 Å². The van der Waals surface area contributed by atoms with Crippen molar-refractivity contribution in [3.63, 3.8) is 0 Å². The summed E-state index contributed by atoms with van der Waals surface area (Å²) in [6.07, 6.45) is 6.07. The Morgan fingerprint density at radius 1 is 0.946 bits per heavy atom. The van der Waals surface area contributed by atoms with Gasteiger partial charge in [0.2, 0.25) is 5.82 Å². The molecule has 6 rings (SSSR count). The van der Waals surface area contributed by atoms with Crippen molar-refractivity contribution in [1.82, 2.24) is 29.2 Å². The monoisotopic (exact) mass is 501 g/mol. The Kier molecular flexibility index (Phi) is 6.21. The van der Waals surface area contributed by atoms with Crippen LogP contribution in [0.15, 0.2) is 50.4 Å². The topological polar surface area (TPSA) is 125 Å². The predicted molar refractivity (Wildman–Crippen MR) is 139 cm³/mol. The van der Waals surface area contributed by atoms with Crippen LogP contribution in [0.2, 0.25) is 0 Å². The van der Waals surface area contributed by atoms with Gasteiger partial charge >= 0.3 is 5.69 Å². The largest absolute Gasteiger partial charge is 0.453 e. The molecule has 37 heavy (non-hydrogen) atoms. The number of hydrogen-bond acceptors (Lipinski definition) is 8. The van der Waals surface area contributed by atoms with E-state index in [1.54, 1.807) is 4.68 Å². The Morgan fingerprint density at radius 2 is 1.65 bits per heavy atom. The molecule has 0 radical (unpaired) electrons. The second-order valence-electron chi connectivity index (χ2n) is 10.2. The van der Waals surface area contributed by atoms with Crippen molar-refractivity contribution < 1.29 is 4.42 Å². The number of benzene rings is 1. The second kappa shape index (κ2) is 9.68. The first-order chi connectivity index (χ1) is 18.0. The van der Waals surface area contributed by atoms with E-state index >= 15 is 0 Å². The summed E-state index contributed by atoms with van der Waals surface area (Å²) in [5.41, 5.74) is 7.27. The lowest BCUT2D eigenvalue weighted by molar-refractivity contribution is 0.205. The molecule has 1 aromatic heterocycles.